The highest BCUT2D eigenvalue weighted by Gasteiger charge is 2.31. The highest BCUT2D eigenvalue weighted by atomic mass is 15.0. The minimum atomic E-state index is 0.231. The van der Waals surface area contributed by atoms with Crippen molar-refractivity contribution < 1.29 is 0 Å². The van der Waals surface area contributed by atoms with Crippen molar-refractivity contribution >= 4 is 17.1 Å². The molecular formula is C16H25N3. The van der Waals surface area contributed by atoms with E-state index in [-0.39, 0.29) is 5.54 Å². The van der Waals surface area contributed by atoms with Crippen LogP contribution in [-0.2, 0) is 0 Å². The molecule has 0 amide bonds. The minimum absolute atomic E-state index is 0.231. The Morgan fingerprint density at radius 1 is 1.42 bits per heavy atom. The van der Waals surface area contributed by atoms with E-state index in [4.69, 9.17) is 5.73 Å². The molecule has 0 aromatic heterocycles. The second-order valence-corrected chi connectivity index (χ2v) is 5.82. The van der Waals surface area contributed by atoms with Crippen LogP contribution in [-0.4, -0.2) is 5.54 Å². The van der Waals surface area contributed by atoms with Gasteiger partial charge in [0.05, 0.1) is 11.4 Å². The Balaban J connectivity index is 2.02. The fourth-order valence-electron chi connectivity index (χ4n) is 2.48. The number of anilines is 3. The van der Waals surface area contributed by atoms with Crippen LogP contribution in [0.15, 0.2) is 30.5 Å². The number of benzene rings is 1. The predicted octanol–water partition coefficient (Wildman–Crippen LogP) is 4.35. The standard InChI is InChI=1S/C16H25N3/c1-4-6-12(2)18-13-7-8-15(14(17)11-13)19-16(3)9-5-10-16/h7-8,11,18-19H,2,4-6,9-10,17H2,1,3H3. The Hall–Kier alpha value is -1.64. The van der Waals surface area contributed by atoms with Crippen molar-refractivity contribution in [1.29, 1.82) is 0 Å². The first kappa shape index (κ1) is 13.8. The normalized spacial score (nSPS) is 16.5. The summed E-state index contributed by atoms with van der Waals surface area (Å²) >= 11 is 0. The van der Waals surface area contributed by atoms with Crippen LogP contribution in [0.2, 0.25) is 0 Å². The molecule has 0 saturated heterocycles. The molecule has 0 bridgehead atoms. The van der Waals surface area contributed by atoms with Gasteiger partial charge >= 0.3 is 0 Å². The van der Waals surface area contributed by atoms with Crippen LogP contribution >= 0.6 is 0 Å². The first-order valence-corrected chi connectivity index (χ1v) is 7.15. The molecule has 0 atom stereocenters. The van der Waals surface area contributed by atoms with Gasteiger partial charge in [0.15, 0.2) is 0 Å². The summed E-state index contributed by atoms with van der Waals surface area (Å²) in [5.41, 5.74) is 10.2. The highest BCUT2D eigenvalue weighted by molar-refractivity contribution is 5.73. The van der Waals surface area contributed by atoms with Gasteiger partial charge in [-0.3, -0.25) is 0 Å². The van der Waals surface area contributed by atoms with Crippen LogP contribution in [0, 0.1) is 0 Å². The summed E-state index contributed by atoms with van der Waals surface area (Å²) in [6.45, 7) is 8.41. The number of nitrogens with two attached hydrogens (primary N) is 1. The maximum absolute atomic E-state index is 6.12. The van der Waals surface area contributed by atoms with E-state index in [9.17, 15) is 0 Å². The third-order valence-electron chi connectivity index (χ3n) is 3.82. The molecule has 19 heavy (non-hydrogen) atoms. The molecule has 0 unspecified atom stereocenters. The van der Waals surface area contributed by atoms with Crippen molar-refractivity contribution in [3.8, 4) is 0 Å². The Kier molecular flexibility index (Phi) is 4.03. The molecule has 1 saturated carbocycles. The van der Waals surface area contributed by atoms with Gasteiger partial charge < -0.3 is 16.4 Å². The van der Waals surface area contributed by atoms with Crippen molar-refractivity contribution in [2.24, 2.45) is 0 Å². The molecule has 4 N–H and O–H groups in total. The molecule has 0 heterocycles. The second-order valence-electron chi connectivity index (χ2n) is 5.82. The Labute approximate surface area is 116 Å². The fourth-order valence-corrected chi connectivity index (χ4v) is 2.48. The van der Waals surface area contributed by atoms with E-state index >= 15 is 0 Å². The molecule has 0 spiro atoms. The number of nitrogen functional groups attached to an aromatic ring is 1. The molecule has 0 radical (unpaired) electrons. The topological polar surface area (TPSA) is 50.1 Å². The zero-order chi connectivity index (χ0) is 13.9. The van der Waals surface area contributed by atoms with E-state index < -0.39 is 0 Å². The van der Waals surface area contributed by atoms with Crippen LogP contribution in [0.3, 0.4) is 0 Å². The van der Waals surface area contributed by atoms with Gasteiger partial charge in [0.1, 0.15) is 0 Å². The summed E-state index contributed by atoms with van der Waals surface area (Å²) in [7, 11) is 0. The first-order chi connectivity index (χ1) is 9.02. The minimum Gasteiger partial charge on any atom is -0.397 e. The van der Waals surface area contributed by atoms with E-state index in [1.165, 1.54) is 19.3 Å². The molecule has 1 aliphatic carbocycles. The van der Waals surface area contributed by atoms with E-state index in [1.807, 2.05) is 6.07 Å². The largest absolute Gasteiger partial charge is 0.397 e. The van der Waals surface area contributed by atoms with Gasteiger partial charge in [-0.05, 0) is 50.8 Å². The molecule has 3 heteroatoms. The van der Waals surface area contributed by atoms with E-state index in [0.29, 0.717) is 0 Å². The maximum Gasteiger partial charge on any atom is 0.0579 e. The maximum atomic E-state index is 6.12. The number of hydrogen-bond acceptors (Lipinski definition) is 3. The number of rotatable bonds is 6. The lowest BCUT2D eigenvalue weighted by Gasteiger charge is -2.40. The number of allylic oxidation sites excluding steroid dienone is 1. The average molecular weight is 259 g/mol. The van der Waals surface area contributed by atoms with Crippen LogP contribution in [0.1, 0.15) is 46.0 Å². The van der Waals surface area contributed by atoms with Crippen molar-refractivity contribution in [2.75, 3.05) is 16.4 Å². The van der Waals surface area contributed by atoms with Gasteiger partial charge in [0, 0.05) is 16.9 Å². The fraction of sp³-hybridized carbons (Fsp3) is 0.500. The monoisotopic (exact) mass is 259 g/mol. The molecule has 2 rings (SSSR count). The van der Waals surface area contributed by atoms with Crippen LogP contribution < -0.4 is 16.4 Å². The summed E-state index contributed by atoms with van der Waals surface area (Å²) in [6, 6.07) is 6.09. The molecule has 1 aliphatic rings. The summed E-state index contributed by atoms with van der Waals surface area (Å²) in [6.07, 6.45) is 5.83. The average Bonchev–Trinajstić information content (AvgIpc) is 2.31. The van der Waals surface area contributed by atoms with Gasteiger partial charge in [0.25, 0.3) is 0 Å². The zero-order valence-corrected chi connectivity index (χ0v) is 12.1. The third kappa shape index (κ3) is 3.43. The quantitative estimate of drug-likeness (QED) is 0.666. The summed E-state index contributed by atoms with van der Waals surface area (Å²) < 4.78 is 0. The number of hydrogen-bond donors (Lipinski definition) is 3. The van der Waals surface area contributed by atoms with Gasteiger partial charge in [-0.15, -0.1) is 0 Å². The highest BCUT2D eigenvalue weighted by Crippen LogP contribution is 2.36. The molecule has 1 aromatic carbocycles. The van der Waals surface area contributed by atoms with Crippen molar-refractivity contribution in [3.05, 3.63) is 30.5 Å². The first-order valence-electron chi connectivity index (χ1n) is 7.15. The third-order valence-corrected chi connectivity index (χ3v) is 3.82. The lowest BCUT2D eigenvalue weighted by atomic mass is 9.78. The van der Waals surface area contributed by atoms with Gasteiger partial charge in [-0.25, -0.2) is 0 Å². The van der Waals surface area contributed by atoms with Gasteiger partial charge in [-0.1, -0.05) is 19.9 Å². The van der Waals surface area contributed by atoms with E-state index in [0.717, 1.165) is 35.6 Å². The molecular weight excluding hydrogens is 234 g/mol. The molecule has 1 aromatic rings. The lowest BCUT2D eigenvalue weighted by molar-refractivity contribution is 0.307. The van der Waals surface area contributed by atoms with Crippen LogP contribution in [0.25, 0.3) is 0 Å². The van der Waals surface area contributed by atoms with E-state index in [1.54, 1.807) is 0 Å². The summed E-state index contributed by atoms with van der Waals surface area (Å²) in [5.74, 6) is 0. The Morgan fingerprint density at radius 3 is 2.68 bits per heavy atom. The van der Waals surface area contributed by atoms with Gasteiger partial charge in [0.2, 0.25) is 0 Å². The molecule has 3 nitrogen and oxygen atoms in total. The summed E-state index contributed by atoms with van der Waals surface area (Å²) in [4.78, 5) is 0. The van der Waals surface area contributed by atoms with E-state index in [2.05, 4.69) is 43.2 Å². The van der Waals surface area contributed by atoms with Crippen molar-refractivity contribution in [1.82, 2.24) is 0 Å². The lowest BCUT2D eigenvalue weighted by Crippen LogP contribution is -2.41. The van der Waals surface area contributed by atoms with Crippen LogP contribution in [0.5, 0.6) is 0 Å². The second kappa shape index (κ2) is 5.55. The predicted molar refractivity (Wildman–Crippen MR) is 84.4 cm³/mol. The van der Waals surface area contributed by atoms with Crippen LogP contribution in [0.4, 0.5) is 17.1 Å². The van der Waals surface area contributed by atoms with Gasteiger partial charge in [-0.2, -0.15) is 0 Å². The Morgan fingerprint density at radius 2 is 2.16 bits per heavy atom. The zero-order valence-electron chi connectivity index (χ0n) is 12.1. The Bertz CT molecular complexity index is 461. The van der Waals surface area contributed by atoms with Crippen molar-refractivity contribution in [2.45, 2.75) is 51.5 Å². The molecule has 104 valence electrons. The molecule has 0 aliphatic heterocycles. The van der Waals surface area contributed by atoms with Crippen molar-refractivity contribution in [3.63, 3.8) is 0 Å². The smallest absolute Gasteiger partial charge is 0.0579 e. The number of nitrogens with one attached hydrogen (secondary N) is 2. The SMILES string of the molecule is C=C(CCC)Nc1ccc(NC2(C)CCC2)c(N)c1. The summed E-state index contributed by atoms with van der Waals surface area (Å²) in [5, 5.41) is 6.85. The molecule has 1 fully saturated rings.